The number of amides is 3. The first kappa shape index (κ1) is 20.2. The number of hydrogen-bond acceptors (Lipinski definition) is 3. The van der Waals surface area contributed by atoms with Gasteiger partial charge >= 0.3 is 6.03 Å². The molecule has 6 nitrogen and oxygen atoms in total. The number of rotatable bonds is 7. The van der Waals surface area contributed by atoms with Crippen LogP contribution in [0, 0.1) is 11.8 Å². The van der Waals surface area contributed by atoms with Crippen LogP contribution in [0.25, 0.3) is 0 Å². The molecule has 1 fully saturated rings. The lowest BCUT2D eigenvalue weighted by atomic mass is 9.95. The molecule has 0 bridgehead atoms. The molecular formula is C20H32N4O2. The van der Waals surface area contributed by atoms with E-state index in [0.717, 1.165) is 38.0 Å². The summed E-state index contributed by atoms with van der Waals surface area (Å²) in [6.45, 7) is 6.90. The van der Waals surface area contributed by atoms with Crippen LogP contribution in [0.5, 0.6) is 0 Å². The topological polar surface area (TPSA) is 73.5 Å². The Kier molecular flexibility index (Phi) is 7.91. The average molecular weight is 361 g/mol. The van der Waals surface area contributed by atoms with Gasteiger partial charge in [-0.2, -0.15) is 0 Å². The fourth-order valence-corrected chi connectivity index (χ4v) is 3.33. The van der Waals surface area contributed by atoms with Gasteiger partial charge in [-0.15, -0.1) is 0 Å². The summed E-state index contributed by atoms with van der Waals surface area (Å²) in [5, 5.41) is 8.91. The molecule has 1 aromatic rings. The lowest BCUT2D eigenvalue weighted by Crippen LogP contribution is -2.55. The third-order valence-corrected chi connectivity index (χ3v) is 4.93. The quantitative estimate of drug-likeness (QED) is 0.696. The van der Waals surface area contributed by atoms with Crippen molar-refractivity contribution in [3.63, 3.8) is 0 Å². The zero-order valence-corrected chi connectivity index (χ0v) is 16.1. The Hall–Kier alpha value is -2.08. The van der Waals surface area contributed by atoms with Crippen molar-refractivity contribution in [2.75, 3.05) is 26.7 Å². The molecule has 144 valence electrons. The normalized spacial score (nSPS) is 16.4. The number of carbonyl (C=O) groups excluding carboxylic acids is 2. The molecule has 1 unspecified atom stereocenters. The molecule has 0 saturated carbocycles. The number of nitrogens with zero attached hydrogens (tertiary/aromatic N) is 1. The first-order chi connectivity index (χ1) is 12.5. The van der Waals surface area contributed by atoms with E-state index in [-0.39, 0.29) is 17.9 Å². The van der Waals surface area contributed by atoms with Gasteiger partial charge in [0.05, 0.1) is 0 Å². The highest BCUT2D eigenvalue weighted by atomic mass is 16.2. The number of urea groups is 1. The van der Waals surface area contributed by atoms with E-state index in [1.54, 1.807) is 0 Å². The molecule has 0 aliphatic carbocycles. The van der Waals surface area contributed by atoms with Crippen LogP contribution < -0.4 is 16.0 Å². The Balaban J connectivity index is 1.85. The van der Waals surface area contributed by atoms with E-state index < -0.39 is 6.04 Å². The molecule has 0 radical (unpaired) electrons. The first-order valence-corrected chi connectivity index (χ1v) is 9.53. The Morgan fingerprint density at radius 2 is 1.81 bits per heavy atom. The SMILES string of the molecule is CNCC1CCN(C(=O)C(NC(=O)NCc2ccccc2)C(C)C)CC1. The fraction of sp³-hybridized carbons (Fsp3) is 0.600. The Morgan fingerprint density at radius 3 is 2.38 bits per heavy atom. The van der Waals surface area contributed by atoms with Crippen LogP contribution in [0.1, 0.15) is 32.3 Å². The summed E-state index contributed by atoms with van der Waals surface area (Å²) in [5.74, 6) is 0.696. The molecule has 1 atom stereocenters. The lowest BCUT2D eigenvalue weighted by molar-refractivity contribution is -0.135. The summed E-state index contributed by atoms with van der Waals surface area (Å²) in [6, 6.07) is 8.94. The number of piperidine rings is 1. The highest BCUT2D eigenvalue weighted by Crippen LogP contribution is 2.18. The van der Waals surface area contributed by atoms with E-state index in [0.29, 0.717) is 12.5 Å². The van der Waals surface area contributed by atoms with Gasteiger partial charge in [0.25, 0.3) is 0 Å². The number of likely N-dealkylation sites (tertiary alicyclic amines) is 1. The highest BCUT2D eigenvalue weighted by molar-refractivity contribution is 5.87. The van der Waals surface area contributed by atoms with Crippen molar-refractivity contribution in [2.45, 2.75) is 39.3 Å². The number of hydrogen-bond donors (Lipinski definition) is 3. The van der Waals surface area contributed by atoms with E-state index in [1.165, 1.54) is 0 Å². The molecule has 0 spiro atoms. The van der Waals surface area contributed by atoms with Crippen molar-refractivity contribution in [2.24, 2.45) is 11.8 Å². The molecule has 1 heterocycles. The molecule has 1 aliphatic rings. The van der Waals surface area contributed by atoms with Crippen LogP contribution >= 0.6 is 0 Å². The predicted octanol–water partition coefficient (Wildman–Crippen LogP) is 1.97. The third kappa shape index (κ3) is 6.02. The molecule has 26 heavy (non-hydrogen) atoms. The lowest BCUT2D eigenvalue weighted by Gasteiger charge is -2.35. The van der Waals surface area contributed by atoms with Crippen molar-refractivity contribution < 1.29 is 9.59 Å². The zero-order valence-electron chi connectivity index (χ0n) is 16.1. The maximum atomic E-state index is 12.9. The van der Waals surface area contributed by atoms with Crippen LogP contribution in [0.2, 0.25) is 0 Å². The van der Waals surface area contributed by atoms with Crippen LogP contribution in [0.4, 0.5) is 4.79 Å². The maximum Gasteiger partial charge on any atom is 0.315 e. The molecular weight excluding hydrogens is 328 g/mol. The summed E-state index contributed by atoms with van der Waals surface area (Å²) in [6.07, 6.45) is 2.02. The smallest absolute Gasteiger partial charge is 0.315 e. The molecule has 6 heteroatoms. The molecule has 2 rings (SSSR count). The first-order valence-electron chi connectivity index (χ1n) is 9.53. The Labute approximate surface area is 156 Å². The van der Waals surface area contributed by atoms with Gasteiger partial charge in [-0.05, 0) is 43.8 Å². The largest absolute Gasteiger partial charge is 0.341 e. The van der Waals surface area contributed by atoms with Gasteiger partial charge in [0.2, 0.25) is 5.91 Å². The van der Waals surface area contributed by atoms with Gasteiger partial charge in [0, 0.05) is 19.6 Å². The van der Waals surface area contributed by atoms with Crippen molar-refractivity contribution >= 4 is 11.9 Å². The minimum Gasteiger partial charge on any atom is -0.341 e. The Morgan fingerprint density at radius 1 is 1.15 bits per heavy atom. The molecule has 1 saturated heterocycles. The van der Waals surface area contributed by atoms with E-state index in [2.05, 4.69) is 16.0 Å². The fourth-order valence-electron chi connectivity index (χ4n) is 3.33. The second-order valence-electron chi connectivity index (χ2n) is 7.36. The third-order valence-electron chi connectivity index (χ3n) is 4.93. The second kappa shape index (κ2) is 10.2. The van der Waals surface area contributed by atoms with Gasteiger partial charge in [-0.25, -0.2) is 4.79 Å². The van der Waals surface area contributed by atoms with Crippen molar-refractivity contribution in [1.82, 2.24) is 20.9 Å². The number of carbonyl (C=O) groups is 2. The van der Waals surface area contributed by atoms with Crippen LogP contribution in [-0.4, -0.2) is 49.6 Å². The molecule has 3 amide bonds. The average Bonchev–Trinajstić information content (AvgIpc) is 2.65. The van der Waals surface area contributed by atoms with Gasteiger partial charge in [-0.3, -0.25) is 4.79 Å². The van der Waals surface area contributed by atoms with Crippen molar-refractivity contribution in [3.05, 3.63) is 35.9 Å². The monoisotopic (exact) mass is 360 g/mol. The minimum atomic E-state index is -0.494. The highest BCUT2D eigenvalue weighted by Gasteiger charge is 2.31. The number of benzene rings is 1. The van der Waals surface area contributed by atoms with Crippen LogP contribution in [-0.2, 0) is 11.3 Å². The van der Waals surface area contributed by atoms with E-state index in [9.17, 15) is 9.59 Å². The summed E-state index contributed by atoms with van der Waals surface area (Å²) in [7, 11) is 1.96. The Bertz CT molecular complexity index is 568. The van der Waals surface area contributed by atoms with E-state index in [1.807, 2.05) is 56.1 Å². The van der Waals surface area contributed by atoms with Gasteiger partial charge in [0.15, 0.2) is 0 Å². The van der Waals surface area contributed by atoms with Gasteiger partial charge < -0.3 is 20.9 Å². The second-order valence-corrected chi connectivity index (χ2v) is 7.36. The summed E-state index contributed by atoms with van der Waals surface area (Å²) < 4.78 is 0. The van der Waals surface area contributed by atoms with Gasteiger partial charge in [0.1, 0.15) is 6.04 Å². The minimum absolute atomic E-state index is 0.0257. The standard InChI is InChI=1S/C20H32N4O2/c1-15(2)18(19(25)24-11-9-17(10-12-24)13-21-3)23-20(26)22-14-16-7-5-4-6-8-16/h4-8,15,17-18,21H,9-14H2,1-3H3,(H2,22,23,26). The van der Waals surface area contributed by atoms with Crippen molar-refractivity contribution in [1.29, 1.82) is 0 Å². The molecule has 1 aliphatic heterocycles. The van der Waals surface area contributed by atoms with Crippen molar-refractivity contribution in [3.8, 4) is 0 Å². The summed E-state index contributed by atoms with van der Waals surface area (Å²) >= 11 is 0. The van der Waals surface area contributed by atoms with E-state index in [4.69, 9.17) is 0 Å². The van der Waals surface area contributed by atoms with Crippen LogP contribution in [0.3, 0.4) is 0 Å². The zero-order chi connectivity index (χ0) is 18.9. The molecule has 1 aromatic carbocycles. The van der Waals surface area contributed by atoms with E-state index >= 15 is 0 Å². The summed E-state index contributed by atoms with van der Waals surface area (Å²) in [4.78, 5) is 27.0. The molecule has 3 N–H and O–H groups in total. The maximum absolute atomic E-state index is 12.9. The van der Waals surface area contributed by atoms with Crippen LogP contribution in [0.15, 0.2) is 30.3 Å². The van der Waals surface area contributed by atoms with Gasteiger partial charge in [-0.1, -0.05) is 44.2 Å². The molecule has 0 aromatic heterocycles. The predicted molar refractivity (Wildman–Crippen MR) is 104 cm³/mol. The summed E-state index contributed by atoms with van der Waals surface area (Å²) in [5.41, 5.74) is 1.03. The number of nitrogens with one attached hydrogen (secondary N) is 3.